The predicted octanol–water partition coefficient (Wildman–Crippen LogP) is 3.51. The number of rotatable bonds is 8. The van der Waals surface area contributed by atoms with Gasteiger partial charge in [-0.05, 0) is 25.7 Å². The average molecular weight is 196 g/mol. The summed E-state index contributed by atoms with van der Waals surface area (Å²) in [5.74, 6) is 2.55. The molecule has 0 aliphatic rings. The van der Waals surface area contributed by atoms with Gasteiger partial charge < -0.3 is 5.11 Å². The lowest BCUT2D eigenvalue weighted by molar-refractivity contribution is 0.0767. The van der Waals surface area contributed by atoms with E-state index in [9.17, 15) is 5.11 Å². The molecule has 0 aromatic heterocycles. The first kappa shape index (κ1) is 13.5. The van der Waals surface area contributed by atoms with Crippen LogP contribution in [0.15, 0.2) is 0 Å². The zero-order valence-corrected chi connectivity index (χ0v) is 9.68. The Hall–Kier alpha value is -0.480. The summed E-state index contributed by atoms with van der Waals surface area (Å²) in [6.07, 6.45) is 13.7. The van der Waals surface area contributed by atoms with Crippen molar-refractivity contribution in [3.05, 3.63) is 0 Å². The van der Waals surface area contributed by atoms with Crippen molar-refractivity contribution in [1.29, 1.82) is 0 Å². The van der Waals surface area contributed by atoms with Crippen molar-refractivity contribution in [2.45, 2.75) is 70.8 Å². The molecule has 0 heterocycles. The van der Waals surface area contributed by atoms with E-state index in [1.54, 1.807) is 0 Å². The Morgan fingerprint density at radius 3 is 1.71 bits per heavy atom. The molecule has 0 aromatic carbocycles. The van der Waals surface area contributed by atoms with Gasteiger partial charge in [-0.2, -0.15) is 0 Å². The van der Waals surface area contributed by atoms with Gasteiger partial charge in [0.1, 0.15) is 5.60 Å². The summed E-state index contributed by atoms with van der Waals surface area (Å²) in [6, 6.07) is 0. The Kier molecular flexibility index (Phi) is 7.61. The zero-order chi connectivity index (χ0) is 10.9. The van der Waals surface area contributed by atoms with Crippen LogP contribution in [0.5, 0.6) is 0 Å². The van der Waals surface area contributed by atoms with E-state index in [0.717, 1.165) is 38.5 Å². The minimum Gasteiger partial charge on any atom is -0.378 e. The minimum atomic E-state index is -0.829. The fraction of sp³-hybridized carbons (Fsp3) is 0.846. The predicted molar refractivity (Wildman–Crippen MR) is 62.1 cm³/mol. The van der Waals surface area contributed by atoms with Crippen molar-refractivity contribution >= 4 is 0 Å². The maximum atomic E-state index is 10.0. The Balaban J connectivity index is 3.75. The van der Waals surface area contributed by atoms with Crippen LogP contribution in [-0.4, -0.2) is 10.7 Å². The SMILES string of the molecule is C#CC(O)(CCCCC)CCCCC. The molecule has 0 unspecified atom stereocenters. The second-order valence-corrected chi connectivity index (χ2v) is 4.09. The molecule has 82 valence electrons. The van der Waals surface area contributed by atoms with Gasteiger partial charge in [0.2, 0.25) is 0 Å². The van der Waals surface area contributed by atoms with Gasteiger partial charge in [0.15, 0.2) is 0 Å². The van der Waals surface area contributed by atoms with Crippen LogP contribution < -0.4 is 0 Å². The summed E-state index contributed by atoms with van der Waals surface area (Å²) in [6.45, 7) is 4.32. The van der Waals surface area contributed by atoms with Gasteiger partial charge in [0.25, 0.3) is 0 Å². The second kappa shape index (κ2) is 7.88. The van der Waals surface area contributed by atoms with Crippen molar-refractivity contribution in [1.82, 2.24) is 0 Å². The molecule has 0 amide bonds. The summed E-state index contributed by atoms with van der Waals surface area (Å²) >= 11 is 0. The molecule has 0 fully saturated rings. The van der Waals surface area contributed by atoms with Gasteiger partial charge in [0, 0.05) is 0 Å². The number of aliphatic hydroxyl groups is 1. The van der Waals surface area contributed by atoms with Crippen molar-refractivity contribution in [3.8, 4) is 12.3 Å². The standard InChI is InChI=1S/C13H24O/c1-4-7-9-11-13(14,6-3)12-10-8-5-2/h3,14H,4-5,7-12H2,1-2H3. The quantitative estimate of drug-likeness (QED) is 0.465. The van der Waals surface area contributed by atoms with Crippen LogP contribution in [0.3, 0.4) is 0 Å². The maximum absolute atomic E-state index is 10.0. The molecule has 0 saturated heterocycles. The van der Waals surface area contributed by atoms with Crippen LogP contribution in [0, 0.1) is 12.3 Å². The van der Waals surface area contributed by atoms with Crippen molar-refractivity contribution in [2.75, 3.05) is 0 Å². The molecule has 0 rings (SSSR count). The number of terminal acetylenes is 1. The average Bonchev–Trinajstić information content (AvgIpc) is 2.19. The molecular weight excluding hydrogens is 172 g/mol. The topological polar surface area (TPSA) is 20.2 Å². The van der Waals surface area contributed by atoms with Gasteiger partial charge in [0.05, 0.1) is 0 Å². The fourth-order valence-electron chi connectivity index (χ4n) is 1.60. The highest BCUT2D eigenvalue weighted by molar-refractivity contribution is 5.06. The van der Waals surface area contributed by atoms with Crippen LogP contribution in [0.25, 0.3) is 0 Å². The molecule has 1 heteroatoms. The molecule has 1 N–H and O–H groups in total. The largest absolute Gasteiger partial charge is 0.378 e. The molecule has 0 aliphatic carbocycles. The van der Waals surface area contributed by atoms with Gasteiger partial charge in [-0.25, -0.2) is 0 Å². The minimum absolute atomic E-state index is 0.765. The first-order valence-corrected chi connectivity index (χ1v) is 5.88. The lowest BCUT2D eigenvalue weighted by Gasteiger charge is -2.21. The summed E-state index contributed by atoms with van der Waals surface area (Å²) < 4.78 is 0. The van der Waals surface area contributed by atoms with E-state index in [2.05, 4.69) is 19.8 Å². The van der Waals surface area contributed by atoms with Gasteiger partial charge in [-0.3, -0.25) is 0 Å². The molecule has 0 aliphatic heterocycles. The monoisotopic (exact) mass is 196 g/mol. The molecule has 0 spiro atoms. The van der Waals surface area contributed by atoms with Crippen LogP contribution >= 0.6 is 0 Å². The summed E-state index contributed by atoms with van der Waals surface area (Å²) in [7, 11) is 0. The van der Waals surface area contributed by atoms with E-state index in [0.29, 0.717) is 0 Å². The Morgan fingerprint density at radius 2 is 1.43 bits per heavy atom. The Bertz CT molecular complexity index is 157. The molecule has 14 heavy (non-hydrogen) atoms. The third-order valence-corrected chi connectivity index (χ3v) is 2.66. The second-order valence-electron chi connectivity index (χ2n) is 4.09. The van der Waals surface area contributed by atoms with E-state index < -0.39 is 5.60 Å². The highest BCUT2D eigenvalue weighted by Gasteiger charge is 2.22. The van der Waals surface area contributed by atoms with E-state index in [-0.39, 0.29) is 0 Å². The summed E-state index contributed by atoms with van der Waals surface area (Å²) in [5, 5.41) is 10.0. The Labute approximate surface area is 88.9 Å². The van der Waals surface area contributed by atoms with Gasteiger partial charge in [-0.15, -0.1) is 6.42 Å². The highest BCUT2D eigenvalue weighted by Crippen LogP contribution is 2.21. The smallest absolute Gasteiger partial charge is 0.125 e. The van der Waals surface area contributed by atoms with Crippen LogP contribution in [0.2, 0.25) is 0 Å². The first-order valence-electron chi connectivity index (χ1n) is 5.88. The van der Waals surface area contributed by atoms with E-state index in [1.807, 2.05) is 0 Å². The van der Waals surface area contributed by atoms with Crippen LogP contribution in [0.4, 0.5) is 0 Å². The first-order chi connectivity index (χ1) is 6.68. The lowest BCUT2D eigenvalue weighted by Crippen LogP contribution is -2.26. The molecule has 0 aromatic rings. The molecule has 0 radical (unpaired) electrons. The van der Waals surface area contributed by atoms with Crippen molar-refractivity contribution in [2.24, 2.45) is 0 Å². The molecule has 0 bridgehead atoms. The molecule has 1 nitrogen and oxygen atoms in total. The summed E-state index contributed by atoms with van der Waals surface area (Å²) in [4.78, 5) is 0. The fourth-order valence-corrected chi connectivity index (χ4v) is 1.60. The number of hydrogen-bond acceptors (Lipinski definition) is 1. The zero-order valence-electron chi connectivity index (χ0n) is 9.68. The van der Waals surface area contributed by atoms with E-state index in [4.69, 9.17) is 6.42 Å². The van der Waals surface area contributed by atoms with Crippen LogP contribution in [0.1, 0.15) is 65.2 Å². The van der Waals surface area contributed by atoms with E-state index >= 15 is 0 Å². The van der Waals surface area contributed by atoms with Gasteiger partial charge in [-0.1, -0.05) is 45.5 Å². The molecular formula is C13H24O. The lowest BCUT2D eigenvalue weighted by atomic mass is 9.91. The Morgan fingerprint density at radius 1 is 1.00 bits per heavy atom. The molecule has 0 saturated carbocycles. The normalized spacial score (nSPS) is 11.3. The number of hydrogen-bond donors (Lipinski definition) is 1. The number of unbranched alkanes of at least 4 members (excludes halogenated alkanes) is 4. The maximum Gasteiger partial charge on any atom is 0.125 e. The van der Waals surface area contributed by atoms with Crippen LogP contribution in [-0.2, 0) is 0 Å². The van der Waals surface area contributed by atoms with Crippen molar-refractivity contribution < 1.29 is 5.11 Å². The third kappa shape index (κ3) is 6.05. The van der Waals surface area contributed by atoms with Crippen molar-refractivity contribution in [3.63, 3.8) is 0 Å². The molecule has 0 atom stereocenters. The highest BCUT2D eigenvalue weighted by atomic mass is 16.3. The third-order valence-electron chi connectivity index (χ3n) is 2.66. The summed E-state index contributed by atoms with van der Waals surface area (Å²) in [5.41, 5.74) is -0.829. The van der Waals surface area contributed by atoms with E-state index in [1.165, 1.54) is 12.8 Å². The van der Waals surface area contributed by atoms with Gasteiger partial charge >= 0.3 is 0 Å².